The summed E-state index contributed by atoms with van der Waals surface area (Å²) in [4.78, 5) is 30.7. The largest absolute Gasteiger partial charge is 0.455 e. The standard InChI is InChI=1S/C29H43NO6/c1-17-11-10-12-18(2)20(4)21(5)28(33)29(7,8)25(31)15-26(32)36-27(24(13-17)34-9)19(3)14-23-16-35-22(6)30-23/h10-11,13-14,16,18,20-21,24-25,27,31H,12,15H2,1-9H3/b11-10+,17-13-,19-14+/t18-,20-,21+,24-,25-,27+/m0/s1. The van der Waals surface area contributed by atoms with Crippen molar-refractivity contribution in [2.45, 2.75) is 86.5 Å². The van der Waals surface area contributed by atoms with Gasteiger partial charge >= 0.3 is 5.97 Å². The third-order valence-electron chi connectivity index (χ3n) is 7.53. The van der Waals surface area contributed by atoms with E-state index in [0.717, 1.165) is 12.0 Å². The van der Waals surface area contributed by atoms with Crippen LogP contribution < -0.4 is 0 Å². The Morgan fingerprint density at radius 1 is 1.22 bits per heavy atom. The van der Waals surface area contributed by atoms with Gasteiger partial charge in [-0.2, -0.15) is 0 Å². The quantitative estimate of drug-likeness (QED) is 0.548. The van der Waals surface area contributed by atoms with Crippen LogP contribution in [-0.4, -0.2) is 47.3 Å². The molecular weight excluding hydrogens is 458 g/mol. The first-order valence-corrected chi connectivity index (χ1v) is 12.7. The van der Waals surface area contributed by atoms with Crippen LogP contribution in [0.1, 0.15) is 72.9 Å². The van der Waals surface area contributed by atoms with E-state index in [1.807, 2.05) is 32.9 Å². The lowest BCUT2D eigenvalue weighted by Gasteiger charge is -2.35. The van der Waals surface area contributed by atoms with Crippen molar-refractivity contribution in [1.29, 1.82) is 0 Å². The summed E-state index contributed by atoms with van der Waals surface area (Å²) in [6.07, 6.45) is 7.36. The van der Waals surface area contributed by atoms with E-state index in [2.05, 4.69) is 24.9 Å². The van der Waals surface area contributed by atoms with Crippen LogP contribution in [0.5, 0.6) is 0 Å². The Kier molecular flexibility index (Phi) is 10.4. The predicted octanol–water partition coefficient (Wildman–Crippen LogP) is 5.47. The molecular formula is C29H43NO6. The molecule has 36 heavy (non-hydrogen) atoms. The third-order valence-corrected chi connectivity index (χ3v) is 7.53. The Morgan fingerprint density at radius 3 is 2.47 bits per heavy atom. The van der Waals surface area contributed by atoms with Crippen molar-refractivity contribution in [3.8, 4) is 0 Å². The van der Waals surface area contributed by atoms with Gasteiger partial charge < -0.3 is 19.0 Å². The second kappa shape index (κ2) is 12.6. The van der Waals surface area contributed by atoms with Crippen LogP contribution in [0, 0.1) is 30.1 Å². The Bertz CT molecular complexity index is 1000. The fourth-order valence-corrected chi connectivity index (χ4v) is 4.54. The number of aliphatic hydroxyl groups excluding tert-OH is 1. The number of hydrogen-bond donors (Lipinski definition) is 1. The summed E-state index contributed by atoms with van der Waals surface area (Å²) >= 11 is 0. The molecule has 1 N–H and O–H groups in total. The van der Waals surface area contributed by atoms with Crippen molar-refractivity contribution >= 4 is 17.8 Å². The molecule has 0 amide bonds. The lowest BCUT2D eigenvalue weighted by atomic mass is 9.70. The van der Waals surface area contributed by atoms with Gasteiger partial charge in [0, 0.05) is 20.0 Å². The highest BCUT2D eigenvalue weighted by Gasteiger charge is 2.42. The molecule has 7 heteroatoms. The Labute approximate surface area is 215 Å². The van der Waals surface area contributed by atoms with Gasteiger partial charge in [-0.15, -0.1) is 0 Å². The minimum atomic E-state index is -1.18. The maximum absolute atomic E-state index is 13.4. The second-order valence-corrected chi connectivity index (χ2v) is 10.8. The maximum Gasteiger partial charge on any atom is 0.309 e. The van der Waals surface area contributed by atoms with Crippen molar-refractivity contribution < 1.29 is 28.6 Å². The van der Waals surface area contributed by atoms with E-state index in [4.69, 9.17) is 13.9 Å². The molecule has 2 rings (SSSR count). The maximum atomic E-state index is 13.4. The van der Waals surface area contributed by atoms with Gasteiger partial charge in [0.15, 0.2) is 12.0 Å². The fraction of sp³-hybridized carbons (Fsp3) is 0.621. The number of allylic oxidation sites excluding steroid dienone is 3. The molecule has 0 saturated heterocycles. The molecule has 0 saturated carbocycles. The first-order chi connectivity index (χ1) is 16.8. The molecule has 1 aliphatic heterocycles. The number of hydrogen-bond acceptors (Lipinski definition) is 7. The zero-order chi connectivity index (χ0) is 27.2. The first-order valence-electron chi connectivity index (χ1n) is 12.7. The van der Waals surface area contributed by atoms with Gasteiger partial charge in [0.05, 0.1) is 17.9 Å². The number of carbonyl (C=O) groups excluding carboxylic acids is 2. The molecule has 0 unspecified atom stereocenters. The second-order valence-electron chi connectivity index (χ2n) is 10.8. The van der Waals surface area contributed by atoms with E-state index in [1.54, 1.807) is 34.0 Å². The number of aliphatic hydroxyl groups is 1. The Morgan fingerprint density at radius 2 is 1.89 bits per heavy atom. The molecule has 0 fully saturated rings. The van der Waals surface area contributed by atoms with E-state index in [1.165, 1.54) is 6.26 Å². The van der Waals surface area contributed by atoms with Crippen LogP contribution in [-0.2, 0) is 19.1 Å². The van der Waals surface area contributed by atoms with E-state index in [9.17, 15) is 14.7 Å². The van der Waals surface area contributed by atoms with Crippen LogP contribution in [0.15, 0.2) is 40.1 Å². The summed E-state index contributed by atoms with van der Waals surface area (Å²) in [6, 6.07) is 0. The van der Waals surface area contributed by atoms with Gasteiger partial charge in [-0.3, -0.25) is 9.59 Å². The van der Waals surface area contributed by atoms with E-state index < -0.39 is 29.7 Å². The normalized spacial score (nSPS) is 33.5. The molecule has 0 bridgehead atoms. The van der Waals surface area contributed by atoms with E-state index in [0.29, 0.717) is 17.2 Å². The lowest BCUT2D eigenvalue weighted by Crippen LogP contribution is -2.44. The number of aryl methyl sites for hydroxylation is 1. The van der Waals surface area contributed by atoms with Gasteiger partial charge in [0.2, 0.25) is 0 Å². The van der Waals surface area contributed by atoms with Gasteiger partial charge in [-0.25, -0.2) is 4.98 Å². The third kappa shape index (κ3) is 7.50. The van der Waals surface area contributed by atoms with Crippen LogP contribution >= 0.6 is 0 Å². The average Bonchev–Trinajstić information content (AvgIpc) is 3.22. The minimum absolute atomic E-state index is 0.0573. The molecule has 1 aliphatic rings. The number of cyclic esters (lactones) is 1. The van der Waals surface area contributed by atoms with E-state index >= 15 is 0 Å². The zero-order valence-corrected chi connectivity index (χ0v) is 23.2. The summed E-state index contributed by atoms with van der Waals surface area (Å²) in [5, 5.41) is 11.0. The highest BCUT2D eigenvalue weighted by atomic mass is 16.6. The number of methoxy groups -OCH3 is 1. The average molecular weight is 502 g/mol. The lowest BCUT2D eigenvalue weighted by molar-refractivity contribution is -0.157. The summed E-state index contributed by atoms with van der Waals surface area (Å²) in [7, 11) is 1.56. The van der Waals surface area contributed by atoms with Crippen molar-refractivity contribution in [2.24, 2.45) is 23.2 Å². The number of ketones is 1. The highest BCUT2D eigenvalue weighted by molar-refractivity contribution is 5.87. The van der Waals surface area contributed by atoms with Crippen molar-refractivity contribution in [1.82, 2.24) is 4.98 Å². The molecule has 2 heterocycles. The molecule has 0 aliphatic carbocycles. The number of oxazole rings is 1. The number of Topliss-reactive ketones (excluding diaryl/α,β-unsaturated/α-hetero) is 1. The number of rotatable bonds is 3. The smallest absolute Gasteiger partial charge is 0.309 e. The molecule has 7 nitrogen and oxygen atoms in total. The summed E-state index contributed by atoms with van der Waals surface area (Å²) < 4.78 is 16.9. The molecule has 6 atom stereocenters. The van der Waals surface area contributed by atoms with Crippen LogP contribution in [0.3, 0.4) is 0 Å². The number of aromatic nitrogens is 1. The monoisotopic (exact) mass is 501 g/mol. The van der Waals surface area contributed by atoms with Gasteiger partial charge in [0.1, 0.15) is 23.8 Å². The topological polar surface area (TPSA) is 98.9 Å². The summed E-state index contributed by atoms with van der Waals surface area (Å²) in [5.74, 6) is -0.0237. The van der Waals surface area contributed by atoms with Crippen molar-refractivity contribution in [3.05, 3.63) is 47.2 Å². The van der Waals surface area contributed by atoms with Crippen LogP contribution in [0.4, 0.5) is 0 Å². The van der Waals surface area contributed by atoms with Gasteiger partial charge in [0.25, 0.3) is 0 Å². The highest BCUT2D eigenvalue weighted by Crippen LogP contribution is 2.34. The number of esters is 1. The molecule has 0 radical (unpaired) electrons. The molecule has 0 aromatic carbocycles. The molecule has 0 spiro atoms. The summed E-state index contributed by atoms with van der Waals surface area (Å²) in [5.41, 5.74) is 1.17. The minimum Gasteiger partial charge on any atom is -0.455 e. The van der Waals surface area contributed by atoms with Gasteiger partial charge in [-0.05, 0) is 49.8 Å². The van der Waals surface area contributed by atoms with Crippen LogP contribution in [0.25, 0.3) is 6.08 Å². The number of nitrogens with zero attached hydrogens (tertiary/aromatic N) is 1. The Hall–Kier alpha value is -2.51. The van der Waals surface area contributed by atoms with Crippen molar-refractivity contribution in [3.63, 3.8) is 0 Å². The fourth-order valence-electron chi connectivity index (χ4n) is 4.54. The SMILES string of the molecule is CO[C@H]1/C=C(C)\C=C\C[C@H](C)[C@H](C)[C@@H](C)C(=O)C(C)(C)[C@@H](O)CC(=O)O[C@@H]1/C(C)=C/c1coc(C)n1. The molecule has 200 valence electrons. The van der Waals surface area contributed by atoms with Gasteiger partial charge in [-0.1, -0.05) is 52.3 Å². The number of ether oxygens (including phenoxy) is 2. The van der Waals surface area contributed by atoms with E-state index in [-0.39, 0.29) is 30.0 Å². The van der Waals surface area contributed by atoms with Crippen molar-refractivity contribution in [2.75, 3.05) is 7.11 Å². The summed E-state index contributed by atoms with van der Waals surface area (Å²) in [6.45, 7) is 15.1. The predicted molar refractivity (Wildman–Crippen MR) is 140 cm³/mol. The molecule has 1 aromatic heterocycles. The Balaban J connectivity index is 2.50. The first kappa shape index (κ1) is 29.7. The van der Waals surface area contributed by atoms with Crippen LogP contribution in [0.2, 0.25) is 0 Å². The molecule has 1 aromatic rings. The zero-order valence-electron chi connectivity index (χ0n) is 23.2. The number of carbonyl (C=O) groups is 2.